The molecule has 0 bridgehead atoms. The molecule has 1 amide bonds. The number of rotatable bonds is 6. The van der Waals surface area contributed by atoms with Crippen LogP contribution in [0.5, 0.6) is 11.6 Å². The normalized spacial score (nSPS) is 11.2. The number of halogens is 3. The Morgan fingerprint density at radius 2 is 2.00 bits per heavy atom. The summed E-state index contributed by atoms with van der Waals surface area (Å²) >= 11 is 0. The van der Waals surface area contributed by atoms with E-state index in [2.05, 4.69) is 15.4 Å². The minimum atomic E-state index is -4.47. The lowest BCUT2D eigenvalue weighted by Gasteiger charge is -2.12. The van der Waals surface area contributed by atoms with Gasteiger partial charge in [0.05, 0.1) is 5.56 Å². The summed E-state index contributed by atoms with van der Waals surface area (Å²) < 4.78 is 45.5. The Kier molecular flexibility index (Phi) is 5.39. The van der Waals surface area contributed by atoms with E-state index in [4.69, 9.17) is 4.74 Å². The van der Waals surface area contributed by atoms with Crippen LogP contribution in [0.2, 0.25) is 0 Å². The molecule has 1 aromatic carbocycles. The number of pyridine rings is 1. The maximum Gasteiger partial charge on any atom is 0.416 e. The molecule has 2 heterocycles. The first-order valence-corrected chi connectivity index (χ1v) is 7.95. The second-order valence-electron chi connectivity index (χ2n) is 5.58. The van der Waals surface area contributed by atoms with Gasteiger partial charge in [0.15, 0.2) is 0 Å². The lowest BCUT2D eigenvalue weighted by atomic mass is 10.2. The first-order valence-electron chi connectivity index (χ1n) is 7.95. The standard InChI is InChI=1S/C18H15F3N4O2/c19-18(20,21)14-5-1-6-15(10-14)27-17-13(4-2-7-22-17)11-23-16(26)12-25-9-3-8-24-25/h1-10H,11-12H2,(H,23,26). The maximum atomic E-state index is 12.8. The van der Waals surface area contributed by atoms with Crippen LogP contribution < -0.4 is 10.1 Å². The Balaban J connectivity index is 1.68. The number of aromatic nitrogens is 3. The van der Waals surface area contributed by atoms with Crippen LogP contribution in [0.1, 0.15) is 11.1 Å². The van der Waals surface area contributed by atoms with Gasteiger partial charge in [-0.25, -0.2) is 4.98 Å². The molecule has 0 unspecified atom stereocenters. The fraction of sp³-hybridized carbons (Fsp3) is 0.167. The molecule has 0 saturated carbocycles. The van der Waals surface area contributed by atoms with E-state index in [1.54, 1.807) is 30.6 Å². The van der Waals surface area contributed by atoms with E-state index < -0.39 is 11.7 Å². The van der Waals surface area contributed by atoms with Gasteiger partial charge >= 0.3 is 6.18 Å². The number of carbonyl (C=O) groups excluding carboxylic acids is 1. The van der Waals surface area contributed by atoms with E-state index in [0.717, 1.165) is 12.1 Å². The minimum absolute atomic E-state index is 0.00708. The van der Waals surface area contributed by atoms with E-state index >= 15 is 0 Å². The second kappa shape index (κ2) is 7.90. The molecular weight excluding hydrogens is 361 g/mol. The van der Waals surface area contributed by atoms with Crippen LogP contribution in [0.4, 0.5) is 13.2 Å². The highest BCUT2D eigenvalue weighted by molar-refractivity contribution is 5.75. The van der Waals surface area contributed by atoms with Gasteiger partial charge in [0, 0.05) is 30.7 Å². The third-order valence-electron chi connectivity index (χ3n) is 3.57. The first kappa shape index (κ1) is 18.4. The molecule has 0 fully saturated rings. The molecule has 1 N–H and O–H groups in total. The molecule has 0 aliphatic rings. The predicted molar refractivity (Wildman–Crippen MR) is 89.8 cm³/mol. The highest BCUT2D eigenvalue weighted by atomic mass is 19.4. The van der Waals surface area contributed by atoms with Crippen molar-refractivity contribution in [3.05, 3.63) is 72.2 Å². The van der Waals surface area contributed by atoms with Crippen LogP contribution in [-0.2, 0) is 24.1 Å². The number of ether oxygens (including phenoxy) is 1. The number of nitrogens with zero attached hydrogens (tertiary/aromatic N) is 3. The summed E-state index contributed by atoms with van der Waals surface area (Å²) in [6.07, 6.45) is 0.214. The number of benzene rings is 1. The Hall–Kier alpha value is -3.36. The zero-order chi connectivity index (χ0) is 19.3. The van der Waals surface area contributed by atoms with Crippen molar-refractivity contribution < 1.29 is 22.7 Å². The summed E-state index contributed by atoms with van der Waals surface area (Å²) in [5, 5.41) is 6.64. The molecule has 2 aromatic heterocycles. The number of hydrogen-bond donors (Lipinski definition) is 1. The van der Waals surface area contributed by atoms with Crippen LogP contribution >= 0.6 is 0 Å². The summed E-state index contributed by atoms with van der Waals surface area (Å²) in [5.41, 5.74) is -0.284. The van der Waals surface area contributed by atoms with Gasteiger partial charge < -0.3 is 10.1 Å². The molecule has 140 valence electrons. The number of amides is 1. The highest BCUT2D eigenvalue weighted by Gasteiger charge is 2.30. The molecule has 0 aliphatic heterocycles. The summed E-state index contributed by atoms with van der Waals surface area (Å²) in [6, 6.07) is 9.54. The van der Waals surface area contributed by atoms with E-state index in [9.17, 15) is 18.0 Å². The molecule has 3 aromatic rings. The van der Waals surface area contributed by atoms with Gasteiger partial charge in [0.1, 0.15) is 12.3 Å². The van der Waals surface area contributed by atoms with Crippen molar-refractivity contribution in [3.8, 4) is 11.6 Å². The molecule has 9 heteroatoms. The van der Waals surface area contributed by atoms with Crippen molar-refractivity contribution in [2.75, 3.05) is 0 Å². The van der Waals surface area contributed by atoms with Gasteiger partial charge in [-0.15, -0.1) is 0 Å². The lowest BCUT2D eigenvalue weighted by Crippen LogP contribution is -2.27. The fourth-order valence-electron chi connectivity index (χ4n) is 2.29. The summed E-state index contributed by atoms with van der Waals surface area (Å²) in [4.78, 5) is 16.0. The molecule has 27 heavy (non-hydrogen) atoms. The van der Waals surface area contributed by atoms with Gasteiger partial charge in [0.2, 0.25) is 11.8 Å². The predicted octanol–water partition coefficient (Wildman–Crippen LogP) is 3.41. The lowest BCUT2D eigenvalue weighted by molar-refractivity contribution is -0.137. The van der Waals surface area contributed by atoms with Gasteiger partial charge in [-0.2, -0.15) is 18.3 Å². The first-order chi connectivity index (χ1) is 12.9. The van der Waals surface area contributed by atoms with Crippen LogP contribution in [0.25, 0.3) is 0 Å². The number of hydrogen-bond acceptors (Lipinski definition) is 4. The van der Waals surface area contributed by atoms with E-state index in [0.29, 0.717) is 5.56 Å². The number of nitrogens with one attached hydrogen (secondary N) is 1. The largest absolute Gasteiger partial charge is 0.439 e. The van der Waals surface area contributed by atoms with Crippen LogP contribution in [0.15, 0.2) is 61.1 Å². The van der Waals surface area contributed by atoms with Gasteiger partial charge in [0.25, 0.3) is 0 Å². The van der Waals surface area contributed by atoms with Crippen molar-refractivity contribution in [1.29, 1.82) is 0 Å². The third-order valence-corrected chi connectivity index (χ3v) is 3.57. The Morgan fingerprint density at radius 3 is 2.74 bits per heavy atom. The third kappa shape index (κ3) is 5.06. The quantitative estimate of drug-likeness (QED) is 0.716. The number of alkyl halides is 3. The number of carbonyl (C=O) groups is 1. The van der Waals surface area contributed by atoms with Gasteiger partial charge in [-0.1, -0.05) is 12.1 Å². The Labute approximate surface area is 152 Å². The fourth-order valence-corrected chi connectivity index (χ4v) is 2.29. The molecule has 0 atom stereocenters. The van der Waals surface area contributed by atoms with Crippen molar-refractivity contribution >= 4 is 5.91 Å². The average molecular weight is 376 g/mol. The molecule has 0 aliphatic carbocycles. The van der Waals surface area contributed by atoms with Crippen molar-refractivity contribution in [1.82, 2.24) is 20.1 Å². The minimum Gasteiger partial charge on any atom is -0.439 e. The zero-order valence-electron chi connectivity index (χ0n) is 14.0. The van der Waals surface area contributed by atoms with Crippen molar-refractivity contribution in [3.63, 3.8) is 0 Å². The Bertz CT molecular complexity index is 911. The van der Waals surface area contributed by atoms with Gasteiger partial charge in [-0.3, -0.25) is 9.48 Å². The zero-order valence-corrected chi connectivity index (χ0v) is 14.0. The van der Waals surface area contributed by atoms with E-state index in [1.165, 1.54) is 23.0 Å². The van der Waals surface area contributed by atoms with Crippen molar-refractivity contribution in [2.45, 2.75) is 19.3 Å². The smallest absolute Gasteiger partial charge is 0.416 e. The molecule has 3 rings (SSSR count). The molecular formula is C18H15F3N4O2. The summed E-state index contributed by atoms with van der Waals surface area (Å²) in [7, 11) is 0. The van der Waals surface area contributed by atoms with Crippen LogP contribution in [0.3, 0.4) is 0 Å². The van der Waals surface area contributed by atoms with Crippen LogP contribution in [-0.4, -0.2) is 20.7 Å². The second-order valence-corrected chi connectivity index (χ2v) is 5.58. The Morgan fingerprint density at radius 1 is 1.15 bits per heavy atom. The maximum absolute atomic E-state index is 12.8. The summed E-state index contributed by atoms with van der Waals surface area (Å²) in [6.45, 7) is 0.166. The average Bonchev–Trinajstić information content (AvgIpc) is 3.13. The molecule has 0 saturated heterocycles. The van der Waals surface area contributed by atoms with E-state index in [-0.39, 0.29) is 30.6 Å². The van der Waals surface area contributed by atoms with Crippen molar-refractivity contribution in [2.24, 2.45) is 0 Å². The summed E-state index contributed by atoms with van der Waals surface area (Å²) in [5.74, 6) is -0.142. The van der Waals surface area contributed by atoms with Gasteiger partial charge in [-0.05, 0) is 30.3 Å². The molecule has 6 nitrogen and oxygen atoms in total. The monoisotopic (exact) mass is 376 g/mol. The molecule has 0 spiro atoms. The highest BCUT2D eigenvalue weighted by Crippen LogP contribution is 2.32. The van der Waals surface area contributed by atoms with Crippen LogP contribution in [0, 0.1) is 0 Å². The van der Waals surface area contributed by atoms with E-state index in [1.807, 2.05) is 0 Å². The topological polar surface area (TPSA) is 69.0 Å². The molecule has 0 radical (unpaired) electrons. The SMILES string of the molecule is O=C(Cn1cccn1)NCc1cccnc1Oc1cccc(C(F)(F)F)c1.